The van der Waals surface area contributed by atoms with Crippen molar-refractivity contribution < 1.29 is 15.0 Å². The number of hydrogen-bond acceptors (Lipinski definition) is 3. The van der Waals surface area contributed by atoms with Crippen molar-refractivity contribution in [3.8, 4) is 0 Å². The van der Waals surface area contributed by atoms with Crippen LogP contribution in [0.5, 0.6) is 0 Å². The van der Waals surface area contributed by atoms with Crippen molar-refractivity contribution in [1.82, 2.24) is 5.32 Å². The van der Waals surface area contributed by atoms with E-state index in [4.69, 9.17) is 0 Å². The third-order valence-corrected chi connectivity index (χ3v) is 15.6. The number of carbonyl (C=O) groups is 1. The summed E-state index contributed by atoms with van der Waals surface area (Å²) in [7, 11) is 0. The molecule has 0 aromatic rings. The summed E-state index contributed by atoms with van der Waals surface area (Å²) in [6.07, 6.45) is 102. The molecule has 0 aromatic carbocycles. The Morgan fingerprint density at radius 2 is 0.564 bits per heavy atom. The van der Waals surface area contributed by atoms with Crippen LogP contribution in [0.3, 0.4) is 0 Å². The second kappa shape index (κ2) is 68.6. The maximum Gasteiger partial charge on any atom is 0.220 e. The van der Waals surface area contributed by atoms with Gasteiger partial charge in [0, 0.05) is 6.42 Å². The fraction of sp³-hybridized carbons (Fsp3) is 0.770. The number of aliphatic hydroxyl groups excluding tert-OH is 2. The lowest BCUT2D eigenvalue weighted by atomic mass is 10.0. The second-order valence-corrected chi connectivity index (χ2v) is 23.2. The van der Waals surface area contributed by atoms with Crippen molar-refractivity contribution in [1.29, 1.82) is 0 Å². The predicted molar refractivity (Wildman–Crippen MR) is 350 cm³/mol. The molecule has 0 aliphatic rings. The van der Waals surface area contributed by atoms with E-state index in [1.165, 1.54) is 244 Å². The van der Waals surface area contributed by atoms with Gasteiger partial charge in [0.05, 0.1) is 18.8 Å². The van der Waals surface area contributed by atoms with E-state index in [0.29, 0.717) is 12.8 Å². The molecule has 0 aliphatic heterocycles. The van der Waals surface area contributed by atoms with Crippen molar-refractivity contribution in [2.45, 2.75) is 360 Å². The van der Waals surface area contributed by atoms with Gasteiger partial charge in [-0.25, -0.2) is 0 Å². The molecular weight excluding hydrogens is 951 g/mol. The van der Waals surface area contributed by atoms with E-state index in [-0.39, 0.29) is 12.5 Å². The molecule has 452 valence electrons. The van der Waals surface area contributed by atoms with Crippen LogP contribution in [0, 0.1) is 0 Å². The highest BCUT2D eigenvalue weighted by molar-refractivity contribution is 5.76. The summed E-state index contributed by atoms with van der Waals surface area (Å²) in [5.74, 6) is -0.0301. The summed E-state index contributed by atoms with van der Waals surface area (Å²) >= 11 is 0. The van der Waals surface area contributed by atoms with E-state index < -0.39 is 12.1 Å². The fourth-order valence-corrected chi connectivity index (χ4v) is 10.4. The quantitative estimate of drug-likeness (QED) is 0.0420. The average molecular weight is 1080 g/mol. The summed E-state index contributed by atoms with van der Waals surface area (Å²) in [6.45, 7) is 4.27. The molecule has 2 unspecified atom stereocenters. The highest BCUT2D eigenvalue weighted by Crippen LogP contribution is 2.18. The maximum atomic E-state index is 12.6. The summed E-state index contributed by atoms with van der Waals surface area (Å²) in [6, 6.07) is -0.543. The SMILES string of the molecule is CC/C=C\C/C=C\C/C=C\C/C=C\C/C=C\C/C=C\C/C=C\C/C=C\CCCCCCCCCCCCCCCCC(=O)NC(CO)C(O)CCCCCCCCCCCCCCCCCCCCCCCCCCCCC. The lowest BCUT2D eigenvalue weighted by Crippen LogP contribution is -2.45. The molecule has 0 rings (SSSR count). The van der Waals surface area contributed by atoms with Crippen molar-refractivity contribution in [3.05, 3.63) is 97.2 Å². The Kier molecular flexibility index (Phi) is 66.2. The first-order valence-corrected chi connectivity index (χ1v) is 34.4. The fourth-order valence-electron chi connectivity index (χ4n) is 10.4. The van der Waals surface area contributed by atoms with Gasteiger partial charge >= 0.3 is 0 Å². The molecule has 0 saturated carbocycles. The predicted octanol–water partition coefficient (Wildman–Crippen LogP) is 23.6. The van der Waals surface area contributed by atoms with Crippen LogP contribution in [0.15, 0.2) is 97.2 Å². The monoisotopic (exact) mass is 1080 g/mol. The normalized spacial score (nSPS) is 13.3. The zero-order chi connectivity index (χ0) is 56.2. The number of hydrogen-bond donors (Lipinski definition) is 3. The molecule has 4 nitrogen and oxygen atoms in total. The van der Waals surface area contributed by atoms with Gasteiger partial charge in [-0.1, -0.05) is 361 Å². The van der Waals surface area contributed by atoms with Crippen molar-refractivity contribution in [3.63, 3.8) is 0 Å². The first-order valence-electron chi connectivity index (χ1n) is 34.4. The lowest BCUT2D eigenvalue weighted by molar-refractivity contribution is -0.123. The van der Waals surface area contributed by atoms with Gasteiger partial charge in [-0.3, -0.25) is 4.79 Å². The zero-order valence-electron chi connectivity index (χ0n) is 52.2. The summed E-state index contributed by atoms with van der Waals surface area (Å²) < 4.78 is 0. The standard InChI is InChI=1S/C74H133NO3/c1-3-5-7-9-11-13-15-17-19-21-23-25-27-29-31-32-33-34-35-36-37-38-39-40-41-42-44-46-48-50-52-54-56-58-60-62-64-66-68-70-74(78)75-72(71-76)73(77)69-67-65-63-61-59-57-55-53-51-49-47-45-43-30-28-26-24-22-20-18-16-14-12-10-8-6-4-2/h5,7,11,13,17,19,23,25,29,31,33-34,36-37,39-40,72-73,76-77H,3-4,6,8-10,12,14-16,18,20-22,24,26-28,30,32,35,38,41-71H2,1-2H3,(H,75,78)/b7-5-,13-11-,19-17-,25-23-,31-29-,34-33-,37-36-,40-39-. The molecule has 0 aromatic heterocycles. The van der Waals surface area contributed by atoms with Crippen LogP contribution < -0.4 is 5.32 Å². The smallest absolute Gasteiger partial charge is 0.220 e. The molecule has 0 spiro atoms. The molecule has 2 atom stereocenters. The number of nitrogens with one attached hydrogen (secondary N) is 1. The first-order chi connectivity index (χ1) is 38.7. The lowest BCUT2D eigenvalue weighted by Gasteiger charge is -2.22. The molecule has 0 bridgehead atoms. The van der Waals surface area contributed by atoms with Crippen LogP contribution in [0.2, 0.25) is 0 Å². The van der Waals surface area contributed by atoms with Crippen LogP contribution in [-0.4, -0.2) is 34.9 Å². The Morgan fingerprint density at radius 1 is 0.321 bits per heavy atom. The van der Waals surface area contributed by atoms with Gasteiger partial charge in [-0.05, 0) is 77.0 Å². The van der Waals surface area contributed by atoms with Gasteiger partial charge in [-0.2, -0.15) is 0 Å². The van der Waals surface area contributed by atoms with E-state index in [0.717, 1.165) is 77.0 Å². The van der Waals surface area contributed by atoms with E-state index in [2.05, 4.69) is 116 Å². The Labute approximate surface area is 487 Å². The number of carbonyl (C=O) groups excluding carboxylic acids is 1. The number of allylic oxidation sites excluding steroid dienone is 16. The third-order valence-electron chi connectivity index (χ3n) is 15.6. The van der Waals surface area contributed by atoms with E-state index in [1.807, 2.05) is 0 Å². The van der Waals surface area contributed by atoms with Crippen LogP contribution in [0.25, 0.3) is 0 Å². The summed E-state index contributed by atoms with van der Waals surface area (Å²) in [5, 5.41) is 23.5. The molecule has 0 aliphatic carbocycles. The minimum Gasteiger partial charge on any atom is -0.394 e. The third kappa shape index (κ3) is 64.1. The Morgan fingerprint density at radius 3 is 0.846 bits per heavy atom. The molecule has 0 radical (unpaired) electrons. The topological polar surface area (TPSA) is 69.6 Å². The minimum absolute atomic E-state index is 0.0301. The van der Waals surface area contributed by atoms with E-state index >= 15 is 0 Å². The minimum atomic E-state index is -0.666. The Balaban J connectivity index is 3.48. The van der Waals surface area contributed by atoms with E-state index in [9.17, 15) is 15.0 Å². The molecule has 3 N–H and O–H groups in total. The summed E-state index contributed by atoms with van der Waals surface area (Å²) in [4.78, 5) is 12.6. The molecule has 78 heavy (non-hydrogen) atoms. The first kappa shape index (κ1) is 75.3. The van der Waals surface area contributed by atoms with Gasteiger partial charge in [0.1, 0.15) is 0 Å². The van der Waals surface area contributed by atoms with Gasteiger partial charge in [0.15, 0.2) is 0 Å². The van der Waals surface area contributed by atoms with Crippen LogP contribution in [0.1, 0.15) is 348 Å². The largest absolute Gasteiger partial charge is 0.394 e. The molecule has 1 amide bonds. The van der Waals surface area contributed by atoms with Crippen LogP contribution in [0.4, 0.5) is 0 Å². The van der Waals surface area contributed by atoms with Crippen molar-refractivity contribution in [2.75, 3.05) is 6.61 Å². The molecule has 0 fully saturated rings. The zero-order valence-corrected chi connectivity index (χ0v) is 52.2. The van der Waals surface area contributed by atoms with E-state index in [1.54, 1.807) is 0 Å². The summed E-state index contributed by atoms with van der Waals surface area (Å²) in [5.41, 5.74) is 0. The number of rotatable bonds is 63. The average Bonchev–Trinajstić information content (AvgIpc) is 3.44. The van der Waals surface area contributed by atoms with Gasteiger partial charge in [-0.15, -0.1) is 0 Å². The van der Waals surface area contributed by atoms with Crippen LogP contribution in [-0.2, 0) is 4.79 Å². The Hall–Kier alpha value is -2.69. The van der Waals surface area contributed by atoms with Crippen LogP contribution >= 0.6 is 0 Å². The van der Waals surface area contributed by atoms with Crippen molar-refractivity contribution in [2.24, 2.45) is 0 Å². The highest BCUT2D eigenvalue weighted by atomic mass is 16.3. The van der Waals surface area contributed by atoms with Gasteiger partial charge < -0.3 is 15.5 Å². The number of unbranched alkanes of at least 4 members (excludes halogenated alkanes) is 40. The number of amides is 1. The highest BCUT2D eigenvalue weighted by Gasteiger charge is 2.20. The molecule has 4 heteroatoms. The van der Waals surface area contributed by atoms with Gasteiger partial charge in [0.2, 0.25) is 5.91 Å². The molecular formula is C74H133NO3. The number of aliphatic hydroxyl groups is 2. The van der Waals surface area contributed by atoms with Crippen molar-refractivity contribution >= 4 is 5.91 Å². The molecule has 0 saturated heterocycles. The second-order valence-electron chi connectivity index (χ2n) is 23.2. The maximum absolute atomic E-state index is 12.6. The molecule has 0 heterocycles. The Bertz CT molecular complexity index is 1420. The van der Waals surface area contributed by atoms with Gasteiger partial charge in [0.25, 0.3) is 0 Å².